The van der Waals surface area contributed by atoms with E-state index in [-0.39, 0.29) is 6.61 Å². The Bertz CT molecular complexity index is 890. The van der Waals surface area contributed by atoms with Crippen LogP contribution < -0.4 is 19.5 Å². The van der Waals surface area contributed by atoms with Crippen LogP contribution >= 0.6 is 0 Å². The molecule has 0 aliphatic carbocycles. The van der Waals surface area contributed by atoms with Gasteiger partial charge in [-0.3, -0.25) is 0 Å². The summed E-state index contributed by atoms with van der Waals surface area (Å²) in [7, 11) is 4.64. The molecule has 27 heavy (non-hydrogen) atoms. The van der Waals surface area contributed by atoms with Gasteiger partial charge in [0.05, 0.1) is 33.5 Å². The largest absolute Gasteiger partial charge is 0.496 e. The Morgan fingerprint density at radius 1 is 1.15 bits per heavy atom. The average Bonchev–Trinajstić information content (AvgIpc) is 3.13. The van der Waals surface area contributed by atoms with E-state index in [0.29, 0.717) is 40.0 Å². The van der Waals surface area contributed by atoms with Gasteiger partial charge in [-0.25, -0.2) is 9.48 Å². The molecule has 0 unspecified atom stereocenters. The van der Waals surface area contributed by atoms with Crippen LogP contribution in [0.5, 0.6) is 17.2 Å². The number of ether oxygens (including phenoxy) is 4. The van der Waals surface area contributed by atoms with Crippen molar-refractivity contribution in [3.8, 4) is 17.2 Å². The number of rotatable bonds is 6. The first-order valence-corrected chi connectivity index (χ1v) is 8.40. The highest BCUT2D eigenvalue weighted by molar-refractivity contribution is 5.92. The zero-order valence-corrected chi connectivity index (χ0v) is 15.9. The van der Waals surface area contributed by atoms with Crippen molar-refractivity contribution in [3.63, 3.8) is 0 Å². The third-order valence-corrected chi connectivity index (χ3v) is 4.32. The number of fused-ring (bicyclic) bond motifs is 1. The van der Waals surface area contributed by atoms with E-state index in [1.165, 1.54) is 6.33 Å². The van der Waals surface area contributed by atoms with Crippen LogP contribution in [-0.2, 0) is 9.53 Å². The normalized spacial score (nSPS) is 15.7. The number of aromatic nitrogens is 3. The lowest BCUT2D eigenvalue weighted by Gasteiger charge is -2.29. The van der Waals surface area contributed by atoms with Crippen LogP contribution in [0.2, 0.25) is 0 Å². The molecule has 0 amide bonds. The number of nitrogens with one attached hydrogen (secondary N) is 1. The number of nitrogens with zero attached hydrogens (tertiary/aromatic N) is 3. The summed E-state index contributed by atoms with van der Waals surface area (Å²) in [5.74, 6) is 1.63. The fourth-order valence-electron chi connectivity index (χ4n) is 3.12. The summed E-state index contributed by atoms with van der Waals surface area (Å²) in [5, 5.41) is 7.38. The summed E-state index contributed by atoms with van der Waals surface area (Å²) in [6, 6.07) is 2.88. The minimum Gasteiger partial charge on any atom is -0.496 e. The van der Waals surface area contributed by atoms with Gasteiger partial charge in [0, 0.05) is 17.3 Å². The van der Waals surface area contributed by atoms with E-state index < -0.39 is 12.0 Å². The monoisotopic (exact) mass is 374 g/mol. The van der Waals surface area contributed by atoms with E-state index in [1.54, 1.807) is 52.0 Å². The highest BCUT2D eigenvalue weighted by Crippen LogP contribution is 2.43. The first kappa shape index (κ1) is 18.6. The van der Waals surface area contributed by atoms with Crippen LogP contribution in [0.1, 0.15) is 25.5 Å². The van der Waals surface area contributed by atoms with Crippen LogP contribution in [0.4, 0.5) is 5.95 Å². The first-order valence-electron chi connectivity index (χ1n) is 8.40. The molecule has 1 N–H and O–H groups in total. The van der Waals surface area contributed by atoms with E-state index in [9.17, 15) is 4.79 Å². The summed E-state index contributed by atoms with van der Waals surface area (Å²) in [6.45, 7) is 3.82. The number of carbonyl (C=O) groups excluding carboxylic acids is 1. The van der Waals surface area contributed by atoms with Crippen molar-refractivity contribution in [1.29, 1.82) is 0 Å². The van der Waals surface area contributed by atoms with Crippen molar-refractivity contribution in [1.82, 2.24) is 14.8 Å². The third kappa shape index (κ3) is 3.16. The quantitative estimate of drug-likeness (QED) is 0.769. The van der Waals surface area contributed by atoms with Gasteiger partial charge in [-0.15, -0.1) is 0 Å². The molecule has 1 aromatic heterocycles. The Hall–Kier alpha value is -3.23. The molecule has 0 bridgehead atoms. The predicted molar refractivity (Wildman–Crippen MR) is 97.2 cm³/mol. The Kier molecular flexibility index (Phi) is 5.20. The lowest BCUT2D eigenvalue weighted by atomic mass is 9.94. The molecule has 1 aliphatic heterocycles. The fraction of sp³-hybridized carbons (Fsp3) is 0.389. The maximum Gasteiger partial charge on any atom is 0.338 e. The van der Waals surface area contributed by atoms with Crippen LogP contribution in [0.25, 0.3) is 0 Å². The van der Waals surface area contributed by atoms with Crippen molar-refractivity contribution in [2.24, 2.45) is 0 Å². The van der Waals surface area contributed by atoms with E-state index >= 15 is 0 Å². The second-order valence-corrected chi connectivity index (χ2v) is 5.76. The molecule has 0 radical (unpaired) electrons. The minimum atomic E-state index is -0.599. The van der Waals surface area contributed by atoms with Crippen LogP contribution in [0.15, 0.2) is 29.7 Å². The number of benzene rings is 1. The number of allylic oxidation sites excluding steroid dienone is 1. The molecule has 9 heteroatoms. The van der Waals surface area contributed by atoms with E-state index in [0.717, 1.165) is 0 Å². The molecule has 3 rings (SSSR count). The average molecular weight is 374 g/mol. The van der Waals surface area contributed by atoms with Crippen molar-refractivity contribution in [3.05, 3.63) is 35.3 Å². The van der Waals surface area contributed by atoms with Gasteiger partial charge >= 0.3 is 5.97 Å². The van der Waals surface area contributed by atoms with E-state index in [1.807, 2.05) is 0 Å². The molecule has 9 nitrogen and oxygen atoms in total. The SMILES string of the molecule is CCOC(=O)C1=C(C)Nc2ncnn2[C@H]1c1cc(OC)c(OC)cc1OC. The smallest absolute Gasteiger partial charge is 0.338 e. The Morgan fingerprint density at radius 2 is 1.81 bits per heavy atom. The van der Waals surface area contributed by atoms with E-state index in [2.05, 4.69) is 15.4 Å². The zero-order valence-electron chi connectivity index (χ0n) is 15.9. The summed E-state index contributed by atoms with van der Waals surface area (Å²) in [4.78, 5) is 16.9. The second kappa shape index (κ2) is 7.56. The molecule has 1 aromatic carbocycles. The van der Waals surface area contributed by atoms with Crippen molar-refractivity contribution >= 4 is 11.9 Å². The minimum absolute atomic E-state index is 0.260. The van der Waals surface area contributed by atoms with Crippen LogP contribution in [0, 0.1) is 0 Å². The number of methoxy groups -OCH3 is 3. The maximum absolute atomic E-state index is 12.7. The molecule has 2 aromatic rings. The van der Waals surface area contributed by atoms with E-state index in [4.69, 9.17) is 18.9 Å². The highest BCUT2D eigenvalue weighted by Gasteiger charge is 2.36. The topological polar surface area (TPSA) is 96.7 Å². The van der Waals surface area contributed by atoms with Gasteiger partial charge in [-0.05, 0) is 19.9 Å². The van der Waals surface area contributed by atoms with Crippen molar-refractivity contribution in [2.45, 2.75) is 19.9 Å². The number of hydrogen-bond donors (Lipinski definition) is 1. The first-order chi connectivity index (χ1) is 13.0. The number of esters is 1. The van der Waals surface area contributed by atoms with Gasteiger partial charge in [0.15, 0.2) is 11.5 Å². The molecule has 1 aliphatic rings. The lowest BCUT2D eigenvalue weighted by molar-refractivity contribution is -0.139. The molecular weight excluding hydrogens is 352 g/mol. The number of anilines is 1. The molecule has 0 saturated heterocycles. The number of hydrogen-bond acceptors (Lipinski definition) is 8. The Labute approximate surface area is 156 Å². The van der Waals surface area contributed by atoms with Gasteiger partial charge < -0.3 is 24.3 Å². The lowest BCUT2D eigenvalue weighted by Crippen LogP contribution is -2.30. The standard InChI is InChI=1S/C18H22N4O5/c1-6-27-17(23)15-10(2)21-18-19-9-20-22(18)16(15)11-7-13(25-4)14(26-5)8-12(11)24-3/h7-9,16H,6H2,1-5H3,(H,19,20,21)/t16-/m0/s1. The van der Waals surface area contributed by atoms with Crippen LogP contribution in [0.3, 0.4) is 0 Å². The summed E-state index contributed by atoms with van der Waals surface area (Å²) < 4.78 is 23.2. The van der Waals surface area contributed by atoms with Crippen molar-refractivity contribution in [2.75, 3.05) is 33.3 Å². The molecular formula is C18H22N4O5. The highest BCUT2D eigenvalue weighted by atomic mass is 16.5. The predicted octanol–water partition coefficient (Wildman–Crippen LogP) is 2.16. The Balaban J connectivity index is 2.25. The summed E-state index contributed by atoms with van der Waals surface area (Å²) >= 11 is 0. The molecule has 144 valence electrons. The fourth-order valence-corrected chi connectivity index (χ4v) is 3.12. The van der Waals surface area contributed by atoms with Gasteiger partial charge in [0.2, 0.25) is 5.95 Å². The zero-order chi connectivity index (χ0) is 19.6. The summed E-state index contributed by atoms with van der Waals surface area (Å²) in [6.07, 6.45) is 1.42. The second-order valence-electron chi connectivity index (χ2n) is 5.76. The molecule has 1 atom stereocenters. The maximum atomic E-state index is 12.7. The molecule has 2 heterocycles. The van der Waals surface area contributed by atoms with Gasteiger partial charge in [0.25, 0.3) is 0 Å². The van der Waals surface area contributed by atoms with Gasteiger partial charge in [-0.2, -0.15) is 10.1 Å². The molecule has 0 saturated carbocycles. The molecule has 0 spiro atoms. The van der Waals surface area contributed by atoms with Crippen LogP contribution in [-0.4, -0.2) is 48.7 Å². The third-order valence-electron chi connectivity index (χ3n) is 4.32. The Morgan fingerprint density at radius 3 is 2.44 bits per heavy atom. The number of carbonyl (C=O) groups is 1. The summed E-state index contributed by atoms with van der Waals surface area (Å²) in [5.41, 5.74) is 1.72. The van der Waals surface area contributed by atoms with Gasteiger partial charge in [0.1, 0.15) is 18.1 Å². The van der Waals surface area contributed by atoms with Gasteiger partial charge in [-0.1, -0.05) is 0 Å². The molecule has 0 fully saturated rings. The van der Waals surface area contributed by atoms with Crippen molar-refractivity contribution < 1.29 is 23.7 Å².